The lowest BCUT2D eigenvalue weighted by Gasteiger charge is -2.22. The van der Waals surface area contributed by atoms with E-state index in [0.717, 1.165) is 10.9 Å². The number of benzene rings is 3. The molecule has 0 saturated heterocycles. The van der Waals surface area contributed by atoms with Crippen molar-refractivity contribution < 1.29 is 13.3 Å². The van der Waals surface area contributed by atoms with E-state index in [1.165, 1.54) is 13.4 Å². The van der Waals surface area contributed by atoms with Crippen molar-refractivity contribution in [1.82, 2.24) is 9.97 Å². The summed E-state index contributed by atoms with van der Waals surface area (Å²) < 4.78 is 25.5. The van der Waals surface area contributed by atoms with Crippen molar-refractivity contribution in [2.45, 2.75) is 9.79 Å². The van der Waals surface area contributed by atoms with E-state index in [-0.39, 0.29) is 9.79 Å². The Balaban J connectivity index is 1.73. The number of fused-ring (bicyclic) bond motifs is 1. The van der Waals surface area contributed by atoms with Gasteiger partial charge in [0.25, 0.3) is 0 Å². The number of hydrogen-bond acceptors (Lipinski definition) is 6. The highest BCUT2D eigenvalue weighted by Crippen LogP contribution is 2.31. The lowest BCUT2D eigenvalue weighted by molar-refractivity contribution is 0.200. The predicted molar refractivity (Wildman–Crippen MR) is 107 cm³/mol. The molecule has 28 heavy (non-hydrogen) atoms. The zero-order valence-electron chi connectivity index (χ0n) is 15.1. The third-order valence-corrected chi connectivity index (χ3v) is 6.12. The van der Waals surface area contributed by atoms with Crippen LogP contribution in [0.3, 0.4) is 0 Å². The van der Waals surface area contributed by atoms with Crippen molar-refractivity contribution >= 4 is 32.2 Å². The van der Waals surface area contributed by atoms with Crippen LogP contribution in [0.1, 0.15) is 0 Å². The van der Waals surface area contributed by atoms with Crippen molar-refractivity contribution in [1.29, 1.82) is 0 Å². The number of sulfone groups is 1. The predicted octanol–water partition coefficient (Wildman–Crippen LogP) is 4.16. The van der Waals surface area contributed by atoms with Crippen LogP contribution in [-0.4, -0.2) is 25.5 Å². The Morgan fingerprint density at radius 3 is 2.14 bits per heavy atom. The first-order valence-corrected chi connectivity index (χ1v) is 10.0. The molecule has 3 aromatic carbocycles. The summed E-state index contributed by atoms with van der Waals surface area (Å²) in [7, 11) is -2.04. The molecule has 140 valence electrons. The third-order valence-electron chi connectivity index (χ3n) is 4.33. The van der Waals surface area contributed by atoms with Crippen LogP contribution in [0, 0.1) is 0 Å². The van der Waals surface area contributed by atoms with E-state index in [1.54, 1.807) is 59.7 Å². The van der Waals surface area contributed by atoms with Crippen LogP contribution in [0.5, 0.6) is 0 Å². The highest BCUT2D eigenvalue weighted by molar-refractivity contribution is 7.91. The fourth-order valence-corrected chi connectivity index (χ4v) is 4.25. The number of anilines is 2. The van der Waals surface area contributed by atoms with Crippen molar-refractivity contribution in [3.63, 3.8) is 0 Å². The molecule has 0 saturated carbocycles. The average Bonchev–Trinajstić information content (AvgIpc) is 2.75. The molecule has 1 aromatic heterocycles. The molecule has 1 heterocycles. The Morgan fingerprint density at radius 2 is 1.43 bits per heavy atom. The average molecular weight is 391 g/mol. The number of aromatic nitrogens is 2. The molecule has 0 radical (unpaired) electrons. The summed E-state index contributed by atoms with van der Waals surface area (Å²) >= 11 is 0. The van der Waals surface area contributed by atoms with E-state index in [9.17, 15) is 8.42 Å². The Bertz CT molecular complexity index is 1210. The molecular weight excluding hydrogens is 374 g/mol. The van der Waals surface area contributed by atoms with Gasteiger partial charge in [-0.05, 0) is 48.5 Å². The summed E-state index contributed by atoms with van der Waals surface area (Å²) in [6.07, 6.45) is 1.47. The van der Waals surface area contributed by atoms with Crippen molar-refractivity contribution in [2.75, 3.05) is 12.2 Å². The van der Waals surface area contributed by atoms with Gasteiger partial charge in [-0.2, -0.15) is 0 Å². The second-order valence-corrected chi connectivity index (χ2v) is 7.95. The fraction of sp³-hybridized carbons (Fsp3) is 0.0476. The molecule has 0 aliphatic heterocycles. The number of para-hydroxylation sites is 1. The molecule has 0 N–H and O–H groups in total. The molecule has 0 amide bonds. The van der Waals surface area contributed by atoms with Crippen LogP contribution in [-0.2, 0) is 14.7 Å². The van der Waals surface area contributed by atoms with Gasteiger partial charge in [0.2, 0.25) is 9.84 Å². The summed E-state index contributed by atoms with van der Waals surface area (Å²) in [6.45, 7) is 0. The maximum absolute atomic E-state index is 12.8. The Labute approximate surface area is 162 Å². The van der Waals surface area contributed by atoms with Gasteiger partial charge in [0.15, 0.2) is 5.82 Å². The van der Waals surface area contributed by atoms with E-state index >= 15 is 0 Å². The van der Waals surface area contributed by atoms with Crippen LogP contribution >= 0.6 is 0 Å². The van der Waals surface area contributed by atoms with Crippen LogP contribution in [0.2, 0.25) is 0 Å². The van der Waals surface area contributed by atoms with Gasteiger partial charge in [0.1, 0.15) is 6.33 Å². The number of hydrogen-bond donors (Lipinski definition) is 0. The lowest BCUT2D eigenvalue weighted by atomic mass is 10.2. The zero-order valence-corrected chi connectivity index (χ0v) is 15.9. The van der Waals surface area contributed by atoms with Gasteiger partial charge < -0.3 is 0 Å². The van der Waals surface area contributed by atoms with Gasteiger partial charge in [-0.15, -0.1) is 0 Å². The maximum atomic E-state index is 12.8. The van der Waals surface area contributed by atoms with Crippen molar-refractivity contribution in [3.05, 3.63) is 85.2 Å². The van der Waals surface area contributed by atoms with Gasteiger partial charge in [0, 0.05) is 5.39 Å². The second kappa shape index (κ2) is 7.38. The lowest BCUT2D eigenvalue weighted by Crippen LogP contribution is -2.17. The van der Waals surface area contributed by atoms with E-state index in [2.05, 4.69) is 9.97 Å². The summed E-state index contributed by atoms with van der Waals surface area (Å²) in [5.41, 5.74) is 1.44. The minimum atomic E-state index is -3.57. The molecule has 0 atom stereocenters. The van der Waals surface area contributed by atoms with Gasteiger partial charge in [-0.1, -0.05) is 30.3 Å². The molecule has 4 aromatic rings. The quantitative estimate of drug-likeness (QED) is 0.476. The number of nitrogens with zero attached hydrogens (tertiary/aromatic N) is 3. The highest BCUT2D eigenvalue weighted by Gasteiger charge is 2.19. The van der Waals surface area contributed by atoms with Gasteiger partial charge in [-0.25, -0.2) is 23.4 Å². The van der Waals surface area contributed by atoms with Crippen LogP contribution in [0.4, 0.5) is 11.5 Å². The van der Waals surface area contributed by atoms with E-state index in [4.69, 9.17) is 4.84 Å². The van der Waals surface area contributed by atoms with Gasteiger partial charge >= 0.3 is 0 Å². The largest absolute Gasteiger partial charge is 0.270 e. The standard InChI is InChI=1S/C21H17N3O3S/c1-27-24(21-19-9-5-6-10-20(19)22-15-23-21)16-11-13-18(14-12-16)28(25,26)17-7-3-2-4-8-17/h2-15H,1H3. The molecule has 0 spiro atoms. The monoisotopic (exact) mass is 391 g/mol. The molecule has 4 rings (SSSR count). The summed E-state index contributed by atoms with van der Waals surface area (Å²) in [4.78, 5) is 14.6. The molecule has 6 nitrogen and oxygen atoms in total. The SMILES string of the molecule is CON(c1ccc(S(=O)(=O)c2ccccc2)cc1)c1ncnc2ccccc12. The van der Waals surface area contributed by atoms with E-state index < -0.39 is 9.84 Å². The minimum Gasteiger partial charge on any atom is -0.270 e. The second-order valence-electron chi connectivity index (χ2n) is 6.00. The molecule has 0 aliphatic rings. The molecular formula is C21H17N3O3S. The highest BCUT2D eigenvalue weighted by atomic mass is 32.2. The van der Waals surface area contributed by atoms with E-state index in [1.807, 2.05) is 24.3 Å². The first-order chi connectivity index (χ1) is 13.6. The van der Waals surface area contributed by atoms with Crippen LogP contribution < -0.4 is 5.06 Å². The summed E-state index contributed by atoms with van der Waals surface area (Å²) in [6, 6.07) is 22.5. The first kappa shape index (κ1) is 18.1. The molecule has 7 heteroatoms. The molecule has 0 bridgehead atoms. The first-order valence-electron chi connectivity index (χ1n) is 8.55. The summed E-state index contributed by atoms with van der Waals surface area (Å²) in [5.74, 6) is 0.576. The number of rotatable bonds is 5. The van der Waals surface area contributed by atoms with E-state index in [0.29, 0.717) is 11.5 Å². The fourth-order valence-electron chi connectivity index (χ4n) is 2.96. The Kier molecular flexibility index (Phi) is 4.77. The zero-order chi connectivity index (χ0) is 19.6. The Morgan fingerprint density at radius 1 is 0.786 bits per heavy atom. The maximum Gasteiger partial charge on any atom is 0.206 e. The Hall–Kier alpha value is -3.29. The van der Waals surface area contributed by atoms with Gasteiger partial charge in [-0.3, -0.25) is 4.84 Å². The van der Waals surface area contributed by atoms with Crippen LogP contribution in [0.25, 0.3) is 10.9 Å². The van der Waals surface area contributed by atoms with Gasteiger partial charge in [0.05, 0.1) is 28.1 Å². The minimum absolute atomic E-state index is 0.214. The topological polar surface area (TPSA) is 72.4 Å². The molecule has 0 aliphatic carbocycles. The smallest absolute Gasteiger partial charge is 0.206 e. The normalized spacial score (nSPS) is 11.5. The van der Waals surface area contributed by atoms with Crippen molar-refractivity contribution in [3.8, 4) is 0 Å². The van der Waals surface area contributed by atoms with Crippen molar-refractivity contribution in [2.24, 2.45) is 0 Å². The molecule has 0 fully saturated rings. The third kappa shape index (κ3) is 3.21. The van der Waals surface area contributed by atoms with Crippen LogP contribution in [0.15, 0.2) is 95.0 Å². The summed E-state index contributed by atoms with van der Waals surface area (Å²) in [5, 5.41) is 2.37. The molecule has 0 unspecified atom stereocenters.